The van der Waals surface area contributed by atoms with E-state index in [1.807, 2.05) is 50.1 Å². The Morgan fingerprint density at radius 3 is 2.48 bits per heavy atom. The average molecular weight is 287 g/mol. The number of hydrogen-bond acceptors (Lipinski definition) is 5. The third-order valence-electron chi connectivity index (χ3n) is 2.93. The summed E-state index contributed by atoms with van der Waals surface area (Å²) in [6.07, 6.45) is 3.45. The van der Waals surface area contributed by atoms with E-state index >= 15 is 0 Å². The quantitative estimate of drug-likeness (QED) is 0.817. The lowest BCUT2D eigenvalue weighted by molar-refractivity contribution is 0.231. The van der Waals surface area contributed by atoms with Crippen molar-refractivity contribution in [3.63, 3.8) is 0 Å². The molecule has 0 unspecified atom stereocenters. The van der Waals surface area contributed by atoms with Crippen molar-refractivity contribution in [2.75, 3.05) is 19.1 Å². The van der Waals surface area contributed by atoms with Crippen LogP contribution in [0.2, 0.25) is 0 Å². The number of ether oxygens (including phenoxy) is 2. The van der Waals surface area contributed by atoms with Gasteiger partial charge >= 0.3 is 0 Å². The molecule has 0 radical (unpaired) electrons. The Bertz CT molecular complexity index is 570. The molecule has 0 atom stereocenters. The van der Waals surface area contributed by atoms with Crippen LogP contribution >= 0.6 is 0 Å². The van der Waals surface area contributed by atoms with Gasteiger partial charge in [0.2, 0.25) is 5.88 Å². The van der Waals surface area contributed by atoms with Crippen molar-refractivity contribution >= 4 is 5.82 Å². The lowest BCUT2D eigenvalue weighted by Crippen LogP contribution is -2.18. The first-order valence-corrected chi connectivity index (χ1v) is 6.91. The van der Waals surface area contributed by atoms with Crippen molar-refractivity contribution in [2.45, 2.75) is 26.5 Å². The van der Waals surface area contributed by atoms with Crippen LogP contribution in [0.4, 0.5) is 5.82 Å². The maximum absolute atomic E-state index is 5.57. The van der Waals surface area contributed by atoms with E-state index in [1.165, 1.54) is 5.56 Å². The normalized spacial score (nSPS) is 10.5. The molecule has 0 aliphatic heterocycles. The van der Waals surface area contributed by atoms with Gasteiger partial charge in [-0.1, -0.05) is 12.1 Å². The standard InChI is InChI=1S/C16H21N3O2/c1-12(2)21-16-10-17-9-15(18-16)19(3)11-13-5-7-14(20-4)8-6-13/h5-10,12H,11H2,1-4H3. The number of aromatic nitrogens is 2. The molecule has 0 amide bonds. The predicted octanol–water partition coefficient (Wildman–Crippen LogP) is 2.91. The summed E-state index contributed by atoms with van der Waals surface area (Å²) in [4.78, 5) is 10.7. The van der Waals surface area contributed by atoms with E-state index in [9.17, 15) is 0 Å². The molecule has 0 N–H and O–H groups in total. The zero-order valence-corrected chi connectivity index (χ0v) is 12.9. The fourth-order valence-electron chi connectivity index (χ4n) is 1.91. The van der Waals surface area contributed by atoms with Gasteiger partial charge in [0.1, 0.15) is 5.75 Å². The monoisotopic (exact) mass is 287 g/mol. The Balaban J connectivity index is 2.06. The Labute approximate surface area is 125 Å². The maximum atomic E-state index is 5.57. The number of methoxy groups -OCH3 is 1. The number of anilines is 1. The minimum absolute atomic E-state index is 0.0847. The highest BCUT2D eigenvalue weighted by Gasteiger charge is 2.07. The summed E-state index contributed by atoms with van der Waals surface area (Å²) >= 11 is 0. The largest absolute Gasteiger partial charge is 0.497 e. The van der Waals surface area contributed by atoms with Gasteiger partial charge in [0.25, 0.3) is 0 Å². The summed E-state index contributed by atoms with van der Waals surface area (Å²) in [5, 5.41) is 0. The third kappa shape index (κ3) is 4.34. The van der Waals surface area contributed by atoms with Crippen LogP contribution in [0.3, 0.4) is 0 Å². The summed E-state index contributed by atoms with van der Waals surface area (Å²) in [5.41, 5.74) is 1.18. The van der Waals surface area contributed by atoms with Gasteiger partial charge in [-0.3, -0.25) is 4.98 Å². The molecule has 21 heavy (non-hydrogen) atoms. The smallest absolute Gasteiger partial charge is 0.234 e. The number of benzene rings is 1. The SMILES string of the molecule is COc1ccc(CN(C)c2cncc(OC(C)C)n2)cc1. The first-order chi connectivity index (χ1) is 10.1. The lowest BCUT2D eigenvalue weighted by atomic mass is 10.2. The van der Waals surface area contributed by atoms with Gasteiger partial charge in [-0.15, -0.1) is 0 Å². The molecule has 2 aromatic rings. The van der Waals surface area contributed by atoms with Crippen LogP contribution in [-0.4, -0.2) is 30.2 Å². The number of nitrogens with zero attached hydrogens (tertiary/aromatic N) is 3. The van der Waals surface area contributed by atoms with Gasteiger partial charge in [0, 0.05) is 13.6 Å². The van der Waals surface area contributed by atoms with Gasteiger partial charge in [-0.2, -0.15) is 4.98 Å². The fraction of sp³-hybridized carbons (Fsp3) is 0.375. The van der Waals surface area contributed by atoms with E-state index in [-0.39, 0.29) is 6.10 Å². The molecule has 0 saturated carbocycles. The van der Waals surface area contributed by atoms with E-state index in [1.54, 1.807) is 19.5 Å². The molecule has 0 bridgehead atoms. The van der Waals surface area contributed by atoms with Gasteiger partial charge in [-0.05, 0) is 31.5 Å². The molecule has 0 saturated heterocycles. The van der Waals surface area contributed by atoms with Crippen molar-refractivity contribution in [2.24, 2.45) is 0 Å². The zero-order chi connectivity index (χ0) is 15.2. The molecule has 0 spiro atoms. The number of rotatable bonds is 6. The molecule has 5 heteroatoms. The molecule has 0 aliphatic carbocycles. The molecule has 1 heterocycles. The van der Waals surface area contributed by atoms with Crippen LogP contribution in [0.1, 0.15) is 19.4 Å². The highest BCUT2D eigenvalue weighted by Crippen LogP contribution is 2.17. The Morgan fingerprint density at radius 1 is 1.14 bits per heavy atom. The van der Waals surface area contributed by atoms with Crippen LogP contribution in [0.5, 0.6) is 11.6 Å². The molecular formula is C16H21N3O2. The molecule has 5 nitrogen and oxygen atoms in total. The van der Waals surface area contributed by atoms with Gasteiger partial charge in [-0.25, -0.2) is 0 Å². The fourth-order valence-corrected chi connectivity index (χ4v) is 1.91. The summed E-state index contributed by atoms with van der Waals surface area (Å²) in [6.45, 7) is 4.68. The van der Waals surface area contributed by atoms with Crippen LogP contribution < -0.4 is 14.4 Å². The third-order valence-corrected chi connectivity index (χ3v) is 2.93. The van der Waals surface area contributed by atoms with Crippen LogP contribution in [0, 0.1) is 0 Å². The second-order valence-electron chi connectivity index (χ2n) is 5.09. The lowest BCUT2D eigenvalue weighted by Gasteiger charge is -2.19. The molecule has 0 fully saturated rings. The number of hydrogen-bond donors (Lipinski definition) is 0. The van der Waals surface area contributed by atoms with Crippen LogP contribution in [-0.2, 0) is 6.54 Å². The predicted molar refractivity (Wildman–Crippen MR) is 82.9 cm³/mol. The van der Waals surface area contributed by atoms with E-state index in [0.29, 0.717) is 5.88 Å². The summed E-state index contributed by atoms with van der Waals surface area (Å²) in [5.74, 6) is 2.18. The Kier molecular flexibility index (Phi) is 4.98. The van der Waals surface area contributed by atoms with Crippen molar-refractivity contribution < 1.29 is 9.47 Å². The van der Waals surface area contributed by atoms with Gasteiger partial charge in [0.05, 0.1) is 25.6 Å². The van der Waals surface area contributed by atoms with Gasteiger partial charge in [0.15, 0.2) is 5.82 Å². The van der Waals surface area contributed by atoms with Crippen molar-refractivity contribution in [3.05, 3.63) is 42.2 Å². The van der Waals surface area contributed by atoms with E-state index in [4.69, 9.17) is 9.47 Å². The topological polar surface area (TPSA) is 47.5 Å². The van der Waals surface area contributed by atoms with Crippen LogP contribution in [0.15, 0.2) is 36.7 Å². The maximum Gasteiger partial charge on any atom is 0.234 e. The second-order valence-corrected chi connectivity index (χ2v) is 5.09. The Morgan fingerprint density at radius 2 is 1.86 bits per heavy atom. The summed E-state index contributed by atoms with van der Waals surface area (Å²) < 4.78 is 10.7. The van der Waals surface area contributed by atoms with E-state index in [0.717, 1.165) is 18.1 Å². The minimum atomic E-state index is 0.0847. The van der Waals surface area contributed by atoms with E-state index < -0.39 is 0 Å². The van der Waals surface area contributed by atoms with Crippen molar-refractivity contribution in [1.29, 1.82) is 0 Å². The minimum Gasteiger partial charge on any atom is -0.497 e. The van der Waals surface area contributed by atoms with E-state index in [2.05, 4.69) is 9.97 Å². The molecule has 2 rings (SSSR count). The zero-order valence-electron chi connectivity index (χ0n) is 12.9. The first kappa shape index (κ1) is 15.1. The second kappa shape index (κ2) is 6.92. The molecule has 1 aromatic carbocycles. The van der Waals surface area contributed by atoms with Gasteiger partial charge < -0.3 is 14.4 Å². The summed E-state index contributed by atoms with van der Waals surface area (Å²) in [6, 6.07) is 7.98. The van der Waals surface area contributed by atoms with Crippen LogP contribution in [0.25, 0.3) is 0 Å². The van der Waals surface area contributed by atoms with Crippen molar-refractivity contribution in [1.82, 2.24) is 9.97 Å². The molecular weight excluding hydrogens is 266 g/mol. The van der Waals surface area contributed by atoms with Crippen molar-refractivity contribution in [3.8, 4) is 11.6 Å². The Hall–Kier alpha value is -2.30. The highest BCUT2D eigenvalue weighted by atomic mass is 16.5. The average Bonchev–Trinajstić information content (AvgIpc) is 2.47. The molecule has 112 valence electrons. The first-order valence-electron chi connectivity index (χ1n) is 6.91. The molecule has 1 aromatic heterocycles. The highest BCUT2D eigenvalue weighted by molar-refractivity contribution is 5.38. The summed E-state index contributed by atoms with van der Waals surface area (Å²) in [7, 11) is 3.64. The molecule has 0 aliphatic rings.